The molecule has 9 heteroatoms. The molecule has 2 aromatic heterocycles. The topological polar surface area (TPSA) is 74.0 Å². The Bertz CT molecular complexity index is 1250. The maximum Gasteiger partial charge on any atom is 0.277 e. The fraction of sp³-hybridized carbons (Fsp3) is 0.174. The van der Waals surface area contributed by atoms with Crippen molar-refractivity contribution in [3.05, 3.63) is 94.1 Å². The van der Waals surface area contributed by atoms with Crippen LogP contribution in [0.4, 0.5) is 10.2 Å². The highest BCUT2D eigenvalue weighted by atomic mass is 35.5. The van der Waals surface area contributed by atoms with E-state index >= 15 is 0 Å². The number of carbonyl (C=O) groups excluding carboxylic acids is 1. The zero-order valence-corrected chi connectivity index (χ0v) is 18.3. The Kier molecular flexibility index (Phi) is 6.23. The Morgan fingerprint density at radius 3 is 2.69 bits per heavy atom. The molecule has 0 atom stereocenters. The molecular weight excluding hydrogens is 433 g/mol. The van der Waals surface area contributed by atoms with E-state index in [4.69, 9.17) is 16.3 Å². The molecule has 0 bridgehead atoms. The molecule has 0 radical (unpaired) electrons. The molecule has 0 aliphatic rings. The van der Waals surface area contributed by atoms with Crippen LogP contribution in [0.25, 0.3) is 0 Å². The number of hydrogen-bond acceptors (Lipinski definition) is 4. The van der Waals surface area contributed by atoms with Gasteiger partial charge in [0.2, 0.25) is 0 Å². The Morgan fingerprint density at radius 2 is 1.91 bits per heavy atom. The van der Waals surface area contributed by atoms with Gasteiger partial charge in [-0.25, -0.2) is 9.07 Å². The molecular formula is C23H21ClFN5O2. The minimum Gasteiger partial charge on any atom is -0.471 e. The van der Waals surface area contributed by atoms with Crippen molar-refractivity contribution >= 4 is 23.3 Å². The van der Waals surface area contributed by atoms with Crippen LogP contribution < -0.4 is 10.1 Å². The fourth-order valence-electron chi connectivity index (χ4n) is 3.19. The van der Waals surface area contributed by atoms with Crippen LogP contribution >= 0.6 is 11.6 Å². The van der Waals surface area contributed by atoms with E-state index in [1.54, 1.807) is 36.7 Å². The molecule has 32 heavy (non-hydrogen) atoms. The monoisotopic (exact) mass is 453 g/mol. The zero-order valence-electron chi connectivity index (χ0n) is 17.5. The van der Waals surface area contributed by atoms with Crippen molar-refractivity contribution in [2.75, 3.05) is 5.32 Å². The van der Waals surface area contributed by atoms with Crippen LogP contribution in [0.3, 0.4) is 0 Å². The van der Waals surface area contributed by atoms with Crippen LogP contribution in [-0.4, -0.2) is 25.5 Å². The van der Waals surface area contributed by atoms with E-state index in [0.717, 1.165) is 16.9 Å². The van der Waals surface area contributed by atoms with E-state index in [1.807, 2.05) is 32.0 Å². The molecule has 0 aliphatic carbocycles. The van der Waals surface area contributed by atoms with E-state index in [0.29, 0.717) is 16.4 Å². The molecule has 0 spiro atoms. The number of carbonyl (C=O) groups is 1. The smallest absolute Gasteiger partial charge is 0.277 e. The highest BCUT2D eigenvalue weighted by molar-refractivity contribution is 6.31. The third-order valence-electron chi connectivity index (χ3n) is 4.82. The van der Waals surface area contributed by atoms with E-state index in [9.17, 15) is 9.18 Å². The maximum absolute atomic E-state index is 14.0. The summed E-state index contributed by atoms with van der Waals surface area (Å²) in [6.45, 7) is 4.32. The van der Waals surface area contributed by atoms with Gasteiger partial charge in [-0.1, -0.05) is 35.4 Å². The Morgan fingerprint density at radius 1 is 1.09 bits per heavy atom. The third-order valence-corrected chi connectivity index (χ3v) is 5.17. The molecule has 2 heterocycles. The van der Waals surface area contributed by atoms with Crippen molar-refractivity contribution in [2.45, 2.75) is 27.1 Å². The number of hydrogen-bond donors (Lipinski definition) is 1. The maximum atomic E-state index is 14.0. The lowest BCUT2D eigenvalue weighted by Gasteiger charge is -2.09. The quantitative estimate of drug-likeness (QED) is 0.435. The number of aromatic nitrogens is 4. The molecule has 0 saturated heterocycles. The number of nitrogens with zero attached hydrogens (tertiary/aromatic N) is 4. The highest BCUT2D eigenvalue weighted by Crippen LogP contribution is 2.21. The number of halogens is 2. The number of amides is 1. The van der Waals surface area contributed by atoms with Gasteiger partial charge < -0.3 is 10.1 Å². The van der Waals surface area contributed by atoms with Crippen LogP contribution in [-0.2, 0) is 13.3 Å². The summed E-state index contributed by atoms with van der Waals surface area (Å²) in [5.74, 6) is 0.262. The average molecular weight is 454 g/mol. The number of nitrogens with one attached hydrogen (secondary N) is 1. The number of ether oxygens (including phenoxy) is 1. The Balaban J connectivity index is 1.36. The van der Waals surface area contributed by atoms with E-state index in [-0.39, 0.29) is 19.0 Å². The largest absolute Gasteiger partial charge is 0.471 e. The SMILES string of the molecule is Cc1ccc(OCn2ccc(C(=O)Nc3ccn(Cc4c(F)cccc4Cl)n3)n2)c(C)c1. The average Bonchev–Trinajstić information content (AvgIpc) is 3.40. The molecule has 0 unspecified atom stereocenters. The predicted molar refractivity (Wildman–Crippen MR) is 119 cm³/mol. The molecule has 4 rings (SSSR count). The standard InChI is InChI=1S/C23H21ClFN5O2/c1-15-6-7-21(16(2)12-15)32-14-30-10-8-20(27-30)23(31)26-22-9-11-29(28-22)13-17-18(24)4-3-5-19(17)25/h3-12H,13-14H2,1-2H3,(H,26,28,31). The van der Waals surface area contributed by atoms with Crippen molar-refractivity contribution in [2.24, 2.45) is 0 Å². The summed E-state index contributed by atoms with van der Waals surface area (Å²) in [6, 6.07) is 13.6. The van der Waals surface area contributed by atoms with Gasteiger partial charge in [0.15, 0.2) is 18.2 Å². The van der Waals surface area contributed by atoms with Gasteiger partial charge in [0, 0.05) is 29.0 Å². The summed E-state index contributed by atoms with van der Waals surface area (Å²) in [5.41, 5.74) is 2.74. The van der Waals surface area contributed by atoms with E-state index in [2.05, 4.69) is 15.5 Å². The normalized spacial score (nSPS) is 10.9. The van der Waals surface area contributed by atoms with Crippen LogP contribution in [0.15, 0.2) is 60.9 Å². The number of rotatable bonds is 7. The first kappa shape index (κ1) is 21.6. The van der Waals surface area contributed by atoms with Gasteiger partial charge in [0.25, 0.3) is 5.91 Å². The van der Waals surface area contributed by atoms with Gasteiger partial charge in [-0.2, -0.15) is 10.2 Å². The first-order chi connectivity index (χ1) is 15.4. The van der Waals surface area contributed by atoms with E-state index in [1.165, 1.54) is 15.4 Å². The summed E-state index contributed by atoms with van der Waals surface area (Å²) in [4.78, 5) is 12.5. The lowest BCUT2D eigenvalue weighted by atomic mass is 10.1. The zero-order chi connectivity index (χ0) is 22.7. The minimum absolute atomic E-state index is 0.145. The highest BCUT2D eigenvalue weighted by Gasteiger charge is 2.13. The number of aryl methyl sites for hydroxylation is 2. The molecule has 1 N–H and O–H groups in total. The predicted octanol–water partition coefficient (Wildman–Crippen LogP) is 4.83. The second-order valence-electron chi connectivity index (χ2n) is 7.34. The van der Waals surface area contributed by atoms with Crippen LogP contribution in [0.5, 0.6) is 5.75 Å². The third kappa shape index (κ3) is 4.97. The molecule has 0 fully saturated rings. The molecule has 4 aromatic rings. The molecule has 1 amide bonds. The van der Waals surface area contributed by atoms with Crippen molar-refractivity contribution in [3.63, 3.8) is 0 Å². The van der Waals surface area contributed by atoms with Gasteiger partial charge in [0.1, 0.15) is 11.6 Å². The van der Waals surface area contributed by atoms with Crippen LogP contribution in [0.2, 0.25) is 5.02 Å². The summed E-state index contributed by atoms with van der Waals surface area (Å²) >= 11 is 6.06. The summed E-state index contributed by atoms with van der Waals surface area (Å²) in [7, 11) is 0. The second kappa shape index (κ2) is 9.23. The van der Waals surface area contributed by atoms with Gasteiger partial charge in [-0.3, -0.25) is 9.48 Å². The molecule has 0 aliphatic heterocycles. The van der Waals surface area contributed by atoms with Crippen molar-refractivity contribution < 1.29 is 13.9 Å². The van der Waals surface area contributed by atoms with Crippen molar-refractivity contribution in [3.8, 4) is 5.75 Å². The van der Waals surface area contributed by atoms with Gasteiger partial charge in [0.05, 0.1) is 6.54 Å². The molecule has 0 saturated carbocycles. The second-order valence-corrected chi connectivity index (χ2v) is 7.74. The van der Waals surface area contributed by atoms with Crippen LogP contribution in [0, 0.1) is 19.7 Å². The molecule has 7 nitrogen and oxygen atoms in total. The Labute approximate surface area is 189 Å². The molecule has 2 aromatic carbocycles. The van der Waals surface area contributed by atoms with Gasteiger partial charge in [-0.05, 0) is 43.7 Å². The Hall–Kier alpha value is -3.65. The van der Waals surface area contributed by atoms with Gasteiger partial charge in [-0.15, -0.1) is 0 Å². The van der Waals surface area contributed by atoms with Crippen molar-refractivity contribution in [1.82, 2.24) is 19.6 Å². The van der Waals surface area contributed by atoms with Crippen molar-refractivity contribution in [1.29, 1.82) is 0 Å². The van der Waals surface area contributed by atoms with Gasteiger partial charge >= 0.3 is 0 Å². The first-order valence-electron chi connectivity index (χ1n) is 9.90. The fourth-order valence-corrected chi connectivity index (χ4v) is 3.42. The lowest BCUT2D eigenvalue weighted by molar-refractivity contribution is 0.101. The number of benzene rings is 2. The molecule has 164 valence electrons. The van der Waals surface area contributed by atoms with E-state index < -0.39 is 11.7 Å². The van der Waals surface area contributed by atoms with Crippen LogP contribution in [0.1, 0.15) is 27.2 Å². The number of anilines is 1. The summed E-state index contributed by atoms with van der Waals surface area (Å²) in [6.07, 6.45) is 3.30. The summed E-state index contributed by atoms with van der Waals surface area (Å²) < 4.78 is 22.8. The summed E-state index contributed by atoms with van der Waals surface area (Å²) in [5, 5.41) is 11.5. The minimum atomic E-state index is -0.413. The first-order valence-corrected chi connectivity index (χ1v) is 10.3. The lowest BCUT2D eigenvalue weighted by Crippen LogP contribution is -2.15.